The minimum absolute atomic E-state index is 0.208. The van der Waals surface area contributed by atoms with Crippen molar-refractivity contribution in [3.63, 3.8) is 0 Å². The molecule has 1 aromatic carbocycles. The number of aryl methyl sites for hydroxylation is 1. The lowest BCUT2D eigenvalue weighted by Crippen LogP contribution is -2.12. The molecule has 0 saturated carbocycles. The molecule has 1 aromatic rings. The van der Waals surface area contributed by atoms with E-state index in [0.29, 0.717) is 12.0 Å². The van der Waals surface area contributed by atoms with Gasteiger partial charge >= 0.3 is 0 Å². The van der Waals surface area contributed by atoms with E-state index in [0.717, 1.165) is 12.0 Å². The van der Waals surface area contributed by atoms with Crippen molar-refractivity contribution in [2.45, 2.75) is 32.7 Å². The van der Waals surface area contributed by atoms with Crippen molar-refractivity contribution in [3.8, 4) is 0 Å². The third kappa shape index (κ3) is 2.10. The van der Waals surface area contributed by atoms with E-state index in [4.69, 9.17) is 5.73 Å². The fourth-order valence-corrected chi connectivity index (χ4v) is 1.47. The quantitative estimate of drug-likeness (QED) is 0.795. The highest BCUT2D eigenvalue weighted by atomic mass is 19.2. The van der Waals surface area contributed by atoms with Gasteiger partial charge in [0, 0.05) is 6.04 Å². The van der Waals surface area contributed by atoms with Crippen LogP contribution in [-0.4, -0.2) is 0 Å². The first-order valence-corrected chi connectivity index (χ1v) is 4.83. The first-order chi connectivity index (χ1) is 6.60. The first-order valence-electron chi connectivity index (χ1n) is 4.83. The van der Waals surface area contributed by atoms with E-state index in [2.05, 4.69) is 0 Å². The molecule has 1 unspecified atom stereocenters. The van der Waals surface area contributed by atoms with Gasteiger partial charge in [0.15, 0.2) is 11.6 Å². The molecule has 0 fully saturated rings. The molecule has 0 saturated heterocycles. The number of hydrogen-bond donors (Lipinski definition) is 1. The Kier molecular flexibility index (Phi) is 3.58. The van der Waals surface area contributed by atoms with Gasteiger partial charge in [0.1, 0.15) is 0 Å². The molecule has 1 atom stereocenters. The van der Waals surface area contributed by atoms with Crippen LogP contribution in [0, 0.1) is 11.6 Å². The largest absolute Gasteiger partial charge is 0.324 e. The molecule has 0 heterocycles. The zero-order valence-corrected chi connectivity index (χ0v) is 8.48. The Labute approximate surface area is 82.9 Å². The zero-order chi connectivity index (χ0) is 10.7. The van der Waals surface area contributed by atoms with Crippen LogP contribution in [0.5, 0.6) is 0 Å². The average molecular weight is 199 g/mol. The van der Waals surface area contributed by atoms with Crippen LogP contribution in [0.1, 0.15) is 37.4 Å². The molecular formula is C11H15F2N. The van der Waals surface area contributed by atoms with E-state index in [1.807, 2.05) is 13.8 Å². The molecule has 2 N–H and O–H groups in total. The van der Waals surface area contributed by atoms with Gasteiger partial charge in [-0.2, -0.15) is 0 Å². The van der Waals surface area contributed by atoms with Crippen LogP contribution in [0.15, 0.2) is 12.1 Å². The number of benzene rings is 1. The summed E-state index contributed by atoms with van der Waals surface area (Å²) in [5, 5.41) is 0. The van der Waals surface area contributed by atoms with Crippen LogP contribution in [-0.2, 0) is 6.42 Å². The maximum atomic E-state index is 13.0. The lowest BCUT2D eigenvalue weighted by atomic mass is 9.97. The second-order valence-corrected chi connectivity index (χ2v) is 3.33. The second kappa shape index (κ2) is 4.51. The van der Waals surface area contributed by atoms with Crippen molar-refractivity contribution in [1.29, 1.82) is 0 Å². The third-order valence-corrected chi connectivity index (χ3v) is 2.40. The normalized spacial score (nSPS) is 12.9. The van der Waals surface area contributed by atoms with Crippen LogP contribution in [0.3, 0.4) is 0 Å². The molecule has 0 spiro atoms. The Hall–Kier alpha value is -0.960. The molecule has 0 amide bonds. The highest BCUT2D eigenvalue weighted by molar-refractivity contribution is 5.31. The molecule has 1 nitrogen and oxygen atoms in total. The number of hydrogen-bond acceptors (Lipinski definition) is 1. The molecule has 1 rings (SSSR count). The summed E-state index contributed by atoms with van der Waals surface area (Å²) in [5.41, 5.74) is 7.31. The molecule has 0 aliphatic carbocycles. The highest BCUT2D eigenvalue weighted by Gasteiger charge is 2.12. The Morgan fingerprint density at radius 3 is 2.29 bits per heavy atom. The van der Waals surface area contributed by atoms with E-state index in [1.54, 1.807) is 0 Å². The second-order valence-electron chi connectivity index (χ2n) is 3.33. The molecule has 3 heteroatoms. The average Bonchev–Trinajstić information content (AvgIpc) is 2.20. The van der Waals surface area contributed by atoms with Crippen molar-refractivity contribution in [3.05, 3.63) is 34.9 Å². The van der Waals surface area contributed by atoms with Gasteiger partial charge < -0.3 is 5.73 Å². The Morgan fingerprint density at radius 1 is 1.21 bits per heavy atom. The minimum Gasteiger partial charge on any atom is -0.324 e. The van der Waals surface area contributed by atoms with Gasteiger partial charge in [-0.1, -0.05) is 13.8 Å². The van der Waals surface area contributed by atoms with Gasteiger partial charge in [-0.25, -0.2) is 8.78 Å². The summed E-state index contributed by atoms with van der Waals surface area (Å²) in [5.74, 6) is -1.62. The molecule has 0 aliphatic heterocycles. The smallest absolute Gasteiger partial charge is 0.159 e. The predicted octanol–water partition coefficient (Wildman–Crippen LogP) is 2.94. The Balaban J connectivity index is 3.19. The molecule has 0 bridgehead atoms. The maximum absolute atomic E-state index is 13.0. The molecule has 0 radical (unpaired) electrons. The standard InChI is InChI=1S/C11H15F2N/c1-3-7-5-9(12)10(13)6-8(7)11(14)4-2/h5-6,11H,3-4,14H2,1-2H3. The monoisotopic (exact) mass is 199 g/mol. The van der Waals surface area contributed by atoms with E-state index in [9.17, 15) is 8.78 Å². The van der Waals surface area contributed by atoms with Crippen LogP contribution in [0.4, 0.5) is 8.78 Å². The summed E-state index contributed by atoms with van der Waals surface area (Å²) < 4.78 is 25.9. The third-order valence-electron chi connectivity index (χ3n) is 2.40. The summed E-state index contributed by atoms with van der Waals surface area (Å²) in [6.45, 7) is 3.82. The summed E-state index contributed by atoms with van der Waals surface area (Å²) in [6, 6.07) is 2.24. The SMILES string of the molecule is CCc1cc(F)c(F)cc1C(N)CC. The summed E-state index contributed by atoms with van der Waals surface area (Å²) >= 11 is 0. The van der Waals surface area contributed by atoms with E-state index >= 15 is 0 Å². The predicted molar refractivity (Wildman–Crippen MR) is 53.0 cm³/mol. The summed E-state index contributed by atoms with van der Waals surface area (Å²) in [6.07, 6.45) is 1.39. The van der Waals surface area contributed by atoms with Crippen molar-refractivity contribution >= 4 is 0 Å². The molecule has 78 valence electrons. The minimum atomic E-state index is -0.818. The van der Waals surface area contributed by atoms with Crippen LogP contribution >= 0.6 is 0 Å². The zero-order valence-electron chi connectivity index (χ0n) is 8.48. The van der Waals surface area contributed by atoms with Gasteiger partial charge in [-0.05, 0) is 36.1 Å². The maximum Gasteiger partial charge on any atom is 0.159 e. The van der Waals surface area contributed by atoms with Gasteiger partial charge in [0.25, 0.3) is 0 Å². The lowest BCUT2D eigenvalue weighted by molar-refractivity contribution is 0.502. The number of nitrogens with two attached hydrogens (primary N) is 1. The van der Waals surface area contributed by atoms with Crippen molar-refractivity contribution in [2.24, 2.45) is 5.73 Å². The first kappa shape index (κ1) is 11.1. The fourth-order valence-electron chi connectivity index (χ4n) is 1.47. The van der Waals surface area contributed by atoms with E-state index in [1.165, 1.54) is 12.1 Å². The van der Waals surface area contributed by atoms with Crippen molar-refractivity contribution < 1.29 is 8.78 Å². The van der Waals surface area contributed by atoms with E-state index in [-0.39, 0.29) is 6.04 Å². The van der Waals surface area contributed by atoms with Gasteiger partial charge in [-0.15, -0.1) is 0 Å². The Bertz CT molecular complexity index is 323. The van der Waals surface area contributed by atoms with Crippen molar-refractivity contribution in [1.82, 2.24) is 0 Å². The number of rotatable bonds is 3. The van der Waals surface area contributed by atoms with Crippen LogP contribution < -0.4 is 5.73 Å². The van der Waals surface area contributed by atoms with Crippen LogP contribution in [0.2, 0.25) is 0 Å². The highest BCUT2D eigenvalue weighted by Crippen LogP contribution is 2.22. The van der Waals surface area contributed by atoms with Gasteiger partial charge in [0.05, 0.1) is 0 Å². The van der Waals surface area contributed by atoms with Gasteiger partial charge in [-0.3, -0.25) is 0 Å². The topological polar surface area (TPSA) is 26.0 Å². The molecule has 0 aromatic heterocycles. The molecule has 0 aliphatic rings. The van der Waals surface area contributed by atoms with Crippen molar-refractivity contribution in [2.75, 3.05) is 0 Å². The molecule has 14 heavy (non-hydrogen) atoms. The summed E-state index contributed by atoms with van der Waals surface area (Å²) in [7, 11) is 0. The number of halogens is 2. The lowest BCUT2D eigenvalue weighted by Gasteiger charge is -2.14. The van der Waals surface area contributed by atoms with Crippen LogP contribution in [0.25, 0.3) is 0 Å². The van der Waals surface area contributed by atoms with E-state index < -0.39 is 11.6 Å². The fraction of sp³-hybridized carbons (Fsp3) is 0.455. The van der Waals surface area contributed by atoms with Gasteiger partial charge in [0.2, 0.25) is 0 Å². The molecular weight excluding hydrogens is 184 g/mol. The summed E-state index contributed by atoms with van der Waals surface area (Å²) in [4.78, 5) is 0. The Morgan fingerprint density at radius 2 is 1.79 bits per heavy atom.